The number of aromatic nitrogens is 3. The lowest BCUT2D eigenvalue weighted by molar-refractivity contribution is 0.102. The van der Waals surface area contributed by atoms with Crippen LogP contribution in [0.1, 0.15) is 16.1 Å². The Labute approximate surface area is 132 Å². The minimum Gasteiger partial charge on any atom is -0.305 e. The molecule has 116 valence electrons. The molecule has 0 bridgehead atoms. The Morgan fingerprint density at radius 2 is 1.96 bits per heavy atom. The van der Waals surface area contributed by atoms with E-state index in [9.17, 15) is 9.18 Å². The van der Waals surface area contributed by atoms with E-state index < -0.39 is 0 Å². The van der Waals surface area contributed by atoms with Crippen LogP contribution in [-0.2, 0) is 13.0 Å². The normalized spacial score (nSPS) is 10.5. The third-order valence-electron chi connectivity index (χ3n) is 3.31. The number of nitrogens with one attached hydrogen (secondary N) is 1. The van der Waals surface area contributed by atoms with Gasteiger partial charge in [-0.3, -0.25) is 14.5 Å². The third kappa shape index (κ3) is 4.00. The molecule has 0 aliphatic heterocycles. The molecule has 5 nitrogen and oxygen atoms in total. The summed E-state index contributed by atoms with van der Waals surface area (Å²) in [6, 6.07) is 12.9. The number of hydrogen-bond acceptors (Lipinski definition) is 3. The maximum atomic E-state index is 12.9. The average Bonchev–Trinajstić information content (AvgIpc) is 3.02. The van der Waals surface area contributed by atoms with Crippen molar-refractivity contribution in [3.05, 3.63) is 78.0 Å². The van der Waals surface area contributed by atoms with Gasteiger partial charge in [-0.1, -0.05) is 6.07 Å². The Hall–Kier alpha value is -3.02. The van der Waals surface area contributed by atoms with E-state index >= 15 is 0 Å². The highest BCUT2D eigenvalue weighted by Gasteiger charge is 2.08. The number of aryl methyl sites for hydroxylation is 2. The number of anilines is 1. The summed E-state index contributed by atoms with van der Waals surface area (Å²) in [6.45, 7) is 0.670. The van der Waals surface area contributed by atoms with Crippen LogP contribution in [0.15, 0.2) is 60.9 Å². The molecule has 23 heavy (non-hydrogen) atoms. The SMILES string of the molecule is O=C(Nc1ccn(CCc2ccccn2)n1)c1ccc(F)cc1. The van der Waals surface area contributed by atoms with Crippen LogP contribution in [0.2, 0.25) is 0 Å². The molecule has 0 radical (unpaired) electrons. The van der Waals surface area contributed by atoms with Gasteiger partial charge in [0.2, 0.25) is 0 Å². The first-order valence-corrected chi connectivity index (χ1v) is 7.21. The van der Waals surface area contributed by atoms with E-state index in [0.717, 1.165) is 12.1 Å². The average molecular weight is 310 g/mol. The van der Waals surface area contributed by atoms with Crippen molar-refractivity contribution in [2.45, 2.75) is 13.0 Å². The summed E-state index contributed by atoms with van der Waals surface area (Å²) in [4.78, 5) is 16.3. The Kier molecular flexibility index (Phi) is 4.42. The van der Waals surface area contributed by atoms with Crippen molar-refractivity contribution in [2.75, 3.05) is 5.32 Å². The predicted molar refractivity (Wildman–Crippen MR) is 84.5 cm³/mol. The smallest absolute Gasteiger partial charge is 0.256 e. The van der Waals surface area contributed by atoms with Crippen LogP contribution in [0, 0.1) is 5.82 Å². The molecule has 0 fully saturated rings. The van der Waals surface area contributed by atoms with Crippen LogP contribution in [0.4, 0.5) is 10.2 Å². The second kappa shape index (κ2) is 6.83. The zero-order chi connectivity index (χ0) is 16.1. The summed E-state index contributed by atoms with van der Waals surface area (Å²) < 4.78 is 14.6. The van der Waals surface area contributed by atoms with E-state index in [4.69, 9.17) is 0 Å². The van der Waals surface area contributed by atoms with Crippen LogP contribution in [0.25, 0.3) is 0 Å². The van der Waals surface area contributed by atoms with Crippen LogP contribution in [-0.4, -0.2) is 20.7 Å². The topological polar surface area (TPSA) is 59.8 Å². The summed E-state index contributed by atoms with van der Waals surface area (Å²) in [5.74, 6) is -0.235. The van der Waals surface area contributed by atoms with Gasteiger partial charge in [-0.15, -0.1) is 0 Å². The van der Waals surface area contributed by atoms with Crippen molar-refractivity contribution in [3.63, 3.8) is 0 Å². The molecule has 0 spiro atoms. The van der Waals surface area contributed by atoms with Gasteiger partial charge in [-0.2, -0.15) is 5.10 Å². The molecule has 0 saturated carbocycles. The largest absolute Gasteiger partial charge is 0.305 e. The van der Waals surface area contributed by atoms with Crippen molar-refractivity contribution in [1.82, 2.24) is 14.8 Å². The van der Waals surface area contributed by atoms with Gasteiger partial charge in [0.15, 0.2) is 5.82 Å². The van der Waals surface area contributed by atoms with Gasteiger partial charge >= 0.3 is 0 Å². The van der Waals surface area contributed by atoms with Gasteiger partial charge in [0.1, 0.15) is 5.82 Å². The Morgan fingerprint density at radius 1 is 1.13 bits per heavy atom. The molecule has 0 aliphatic rings. The zero-order valence-electron chi connectivity index (χ0n) is 12.3. The monoisotopic (exact) mass is 310 g/mol. The summed E-state index contributed by atoms with van der Waals surface area (Å²) in [5, 5.41) is 6.98. The van der Waals surface area contributed by atoms with E-state index in [0.29, 0.717) is 17.9 Å². The Bertz CT molecular complexity index is 784. The number of carbonyl (C=O) groups excluding carboxylic acids is 1. The fourth-order valence-electron chi connectivity index (χ4n) is 2.12. The molecule has 0 atom stereocenters. The number of rotatable bonds is 5. The predicted octanol–water partition coefficient (Wildman–Crippen LogP) is 2.91. The van der Waals surface area contributed by atoms with Crippen molar-refractivity contribution in [1.29, 1.82) is 0 Å². The summed E-state index contributed by atoms with van der Waals surface area (Å²) >= 11 is 0. The Balaban J connectivity index is 1.58. The van der Waals surface area contributed by atoms with Crippen LogP contribution >= 0.6 is 0 Å². The number of halogens is 1. The second-order valence-electron chi connectivity index (χ2n) is 5.00. The van der Waals surface area contributed by atoms with Gasteiger partial charge in [0.05, 0.1) is 0 Å². The van der Waals surface area contributed by atoms with Crippen molar-refractivity contribution in [3.8, 4) is 0 Å². The van der Waals surface area contributed by atoms with Gasteiger partial charge in [0, 0.05) is 42.7 Å². The zero-order valence-corrected chi connectivity index (χ0v) is 12.3. The van der Waals surface area contributed by atoms with Crippen LogP contribution < -0.4 is 5.32 Å². The molecule has 1 aromatic carbocycles. The molecule has 3 aromatic rings. The second-order valence-corrected chi connectivity index (χ2v) is 5.00. The Morgan fingerprint density at radius 3 is 2.70 bits per heavy atom. The van der Waals surface area contributed by atoms with Gasteiger partial charge in [-0.05, 0) is 36.4 Å². The van der Waals surface area contributed by atoms with E-state index in [2.05, 4.69) is 15.4 Å². The van der Waals surface area contributed by atoms with Crippen molar-refractivity contribution >= 4 is 11.7 Å². The summed E-state index contributed by atoms with van der Waals surface area (Å²) in [6.07, 6.45) is 4.31. The number of hydrogen-bond donors (Lipinski definition) is 1. The first-order chi connectivity index (χ1) is 11.2. The molecular weight excluding hydrogens is 295 g/mol. The first kappa shape index (κ1) is 14.9. The molecule has 6 heteroatoms. The minimum atomic E-state index is -0.375. The number of nitrogens with zero attached hydrogens (tertiary/aromatic N) is 3. The summed E-state index contributed by atoms with van der Waals surface area (Å²) in [7, 11) is 0. The highest BCUT2D eigenvalue weighted by molar-refractivity contribution is 6.03. The van der Waals surface area contributed by atoms with Gasteiger partial charge in [-0.25, -0.2) is 4.39 Å². The van der Waals surface area contributed by atoms with E-state index in [1.54, 1.807) is 23.1 Å². The number of amides is 1. The number of pyridine rings is 1. The molecule has 2 aromatic heterocycles. The maximum Gasteiger partial charge on any atom is 0.256 e. The number of carbonyl (C=O) groups is 1. The first-order valence-electron chi connectivity index (χ1n) is 7.21. The molecule has 2 heterocycles. The van der Waals surface area contributed by atoms with E-state index in [-0.39, 0.29) is 11.7 Å². The lowest BCUT2D eigenvalue weighted by Gasteiger charge is -2.03. The fourth-order valence-corrected chi connectivity index (χ4v) is 2.12. The fraction of sp³-hybridized carbons (Fsp3) is 0.118. The third-order valence-corrected chi connectivity index (χ3v) is 3.31. The molecule has 1 amide bonds. The summed E-state index contributed by atoms with van der Waals surface area (Å²) in [5.41, 5.74) is 1.37. The highest BCUT2D eigenvalue weighted by Crippen LogP contribution is 2.08. The van der Waals surface area contributed by atoms with Crippen LogP contribution in [0.3, 0.4) is 0 Å². The molecule has 0 unspecified atom stereocenters. The number of benzene rings is 1. The quantitative estimate of drug-likeness (QED) is 0.788. The van der Waals surface area contributed by atoms with Crippen molar-refractivity contribution < 1.29 is 9.18 Å². The lowest BCUT2D eigenvalue weighted by atomic mass is 10.2. The van der Waals surface area contributed by atoms with E-state index in [1.807, 2.05) is 18.2 Å². The van der Waals surface area contributed by atoms with Crippen LogP contribution in [0.5, 0.6) is 0 Å². The molecule has 0 saturated heterocycles. The van der Waals surface area contributed by atoms with E-state index in [1.165, 1.54) is 24.3 Å². The minimum absolute atomic E-state index is 0.319. The molecule has 0 aliphatic carbocycles. The molecule has 1 N–H and O–H groups in total. The maximum absolute atomic E-state index is 12.9. The lowest BCUT2D eigenvalue weighted by Crippen LogP contribution is -2.13. The standard InChI is InChI=1S/C17H15FN4O/c18-14-6-4-13(5-7-14)17(23)20-16-9-12-22(21-16)11-8-15-3-1-2-10-19-15/h1-7,9-10,12H,8,11H2,(H,20,21,23). The molecular formula is C17H15FN4O. The van der Waals surface area contributed by atoms with Gasteiger partial charge in [0.25, 0.3) is 5.91 Å². The highest BCUT2D eigenvalue weighted by atomic mass is 19.1. The molecule has 3 rings (SSSR count). The van der Waals surface area contributed by atoms with Crippen molar-refractivity contribution in [2.24, 2.45) is 0 Å². The van der Waals surface area contributed by atoms with Gasteiger partial charge < -0.3 is 5.32 Å².